The van der Waals surface area contributed by atoms with Crippen LogP contribution in [0.25, 0.3) is 10.8 Å². The molecule has 0 aliphatic heterocycles. The summed E-state index contributed by atoms with van der Waals surface area (Å²) in [6.45, 7) is 0. The third-order valence-corrected chi connectivity index (χ3v) is 2.75. The quantitative estimate of drug-likeness (QED) is 0.843. The van der Waals surface area contributed by atoms with Crippen molar-refractivity contribution >= 4 is 58.5 Å². The smallest absolute Gasteiger partial charge is 0.336 e. The van der Waals surface area contributed by atoms with E-state index in [1.165, 1.54) is 0 Å². The SMILES string of the molecule is O=C(O)c1cccc2cccc(Br)c12.[In]. The molecule has 2 nitrogen and oxygen atoms in total. The summed E-state index contributed by atoms with van der Waals surface area (Å²) in [5.74, 6) is -0.900. The Morgan fingerprint density at radius 3 is 2.33 bits per heavy atom. The molecule has 0 heterocycles. The van der Waals surface area contributed by atoms with Gasteiger partial charge in [-0.1, -0.05) is 40.2 Å². The molecule has 2 rings (SSSR count). The maximum atomic E-state index is 10.9. The van der Waals surface area contributed by atoms with Gasteiger partial charge in [-0.2, -0.15) is 0 Å². The number of hydrogen-bond donors (Lipinski definition) is 1. The van der Waals surface area contributed by atoms with Gasteiger partial charge in [-0.3, -0.25) is 0 Å². The Bertz CT molecular complexity index is 506. The van der Waals surface area contributed by atoms with Gasteiger partial charge >= 0.3 is 5.97 Å². The minimum Gasteiger partial charge on any atom is -0.478 e. The molecule has 4 heteroatoms. The van der Waals surface area contributed by atoms with Crippen LogP contribution in [-0.2, 0) is 0 Å². The topological polar surface area (TPSA) is 37.3 Å². The zero-order valence-corrected chi connectivity index (χ0v) is 12.7. The van der Waals surface area contributed by atoms with Gasteiger partial charge in [0, 0.05) is 35.7 Å². The number of benzene rings is 2. The third kappa shape index (κ3) is 2.37. The van der Waals surface area contributed by atoms with Crippen LogP contribution >= 0.6 is 15.9 Å². The predicted molar refractivity (Wildman–Crippen MR) is 64.4 cm³/mol. The van der Waals surface area contributed by atoms with Crippen molar-refractivity contribution in [3.05, 3.63) is 46.4 Å². The zero-order valence-electron chi connectivity index (χ0n) is 7.77. The Labute approximate surface area is 114 Å². The molecule has 0 unspecified atom stereocenters. The normalized spacial score (nSPS) is 9.67. The number of carboxylic acid groups (broad SMARTS) is 1. The minimum absolute atomic E-state index is 0. The molecule has 3 radical (unpaired) electrons. The van der Waals surface area contributed by atoms with E-state index >= 15 is 0 Å². The van der Waals surface area contributed by atoms with Gasteiger partial charge in [0.1, 0.15) is 0 Å². The number of rotatable bonds is 1. The van der Waals surface area contributed by atoms with E-state index in [2.05, 4.69) is 15.9 Å². The average Bonchev–Trinajstić information content (AvgIpc) is 2.17. The predicted octanol–water partition coefficient (Wildman–Crippen LogP) is 2.92. The van der Waals surface area contributed by atoms with Gasteiger partial charge in [0.2, 0.25) is 0 Å². The Balaban J connectivity index is 0.00000112. The fourth-order valence-electron chi connectivity index (χ4n) is 1.47. The summed E-state index contributed by atoms with van der Waals surface area (Å²) in [5, 5.41) is 10.7. The van der Waals surface area contributed by atoms with E-state index in [0.717, 1.165) is 15.2 Å². The van der Waals surface area contributed by atoms with Gasteiger partial charge in [0.15, 0.2) is 0 Å². The molecular weight excluding hydrogens is 359 g/mol. The fraction of sp³-hybridized carbons (Fsp3) is 0. The first-order valence-corrected chi connectivity index (χ1v) is 4.90. The number of halogens is 1. The summed E-state index contributed by atoms with van der Waals surface area (Å²) in [7, 11) is 0. The molecule has 0 spiro atoms. The molecule has 0 saturated heterocycles. The van der Waals surface area contributed by atoms with Crippen LogP contribution in [0.5, 0.6) is 0 Å². The summed E-state index contributed by atoms with van der Waals surface area (Å²) in [6.07, 6.45) is 0. The molecule has 15 heavy (non-hydrogen) atoms. The molecule has 0 atom stereocenters. The van der Waals surface area contributed by atoms with Crippen LogP contribution in [-0.4, -0.2) is 36.9 Å². The maximum Gasteiger partial charge on any atom is 0.336 e. The first kappa shape index (κ1) is 12.6. The van der Waals surface area contributed by atoms with Gasteiger partial charge in [-0.25, -0.2) is 4.79 Å². The van der Waals surface area contributed by atoms with Gasteiger partial charge in [0.25, 0.3) is 0 Å². The van der Waals surface area contributed by atoms with E-state index in [9.17, 15) is 4.79 Å². The second kappa shape index (κ2) is 5.03. The van der Waals surface area contributed by atoms with Crippen LogP contribution in [0.4, 0.5) is 0 Å². The number of carboxylic acids is 1. The van der Waals surface area contributed by atoms with Gasteiger partial charge in [0.05, 0.1) is 5.56 Å². The second-order valence-corrected chi connectivity index (χ2v) is 3.80. The molecule has 0 amide bonds. The van der Waals surface area contributed by atoms with Gasteiger partial charge in [-0.15, -0.1) is 0 Å². The number of fused-ring (bicyclic) bond motifs is 1. The van der Waals surface area contributed by atoms with E-state index in [4.69, 9.17) is 5.11 Å². The van der Waals surface area contributed by atoms with Crippen LogP contribution in [0.1, 0.15) is 10.4 Å². The monoisotopic (exact) mass is 365 g/mol. The van der Waals surface area contributed by atoms with Crippen LogP contribution < -0.4 is 0 Å². The fourth-order valence-corrected chi connectivity index (χ4v) is 2.07. The Morgan fingerprint density at radius 2 is 1.73 bits per heavy atom. The molecule has 2 aromatic rings. The van der Waals surface area contributed by atoms with Crippen LogP contribution in [0.3, 0.4) is 0 Å². The van der Waals surface area contributed by atoms with Crippen molar-refractivity contribution in [3.63, 3.8) is 0 Å². The van der Waals surface area contributed by atoms with Gasteiger partial charge < -0.3 is 5.11 Å². The summed E-state index contributed by atoms with van der Waals surface area (Å²) in [6, 6.07) is 10.9. The summed E-state index contributed by atoms with van der Waals surface area (Å²) in [4.78, 5) is 10.9. The second-order valence-electron chi connectivity index (χ2n) is 2.95. The van der Waals surface area contributed by atoms with Gasteiger partial charge in [-0.05, 0) is 17.5 Å². The minimum atomic E-state index is -0.900. The average molecular weight is 366 g/mol. The zero-order chi connectivity index (χ0) is 10.1. The van der Waals surface area contributed by atoms with Crippen LogP contribution in [0.15, 0.2) is 40.9 Å². The summed E-state index contributed by atoms with van der Waals surface area (Å²) < 4.78 is 0.813. The molecule has 0 fully saturated rings. The third-order valence-electron chi connectivity index (χ3n) is 2.08. The Kier molecular flexibility index (Phi) is 4.22. The first-order chi connectivity index (χ1) is 6.70. The molecule has 1 N–H and O–H groups in total. The molecule has 0 aliphatic carbocycles. The van der Waals surface area contributed by atoms with Crippen molar-refractivity contribution in [2.45, 2.75) is 0 Å². The van der Waals surface area contributed by atoms with E-state index < -0.39 is 5.97 Å². The van der Waals surface area contributed by atoms with E-state index in [1.54, 1.807) is 12.1 Å². The van der Waals surface area contributed by atoms with E-state index in [1.807, 2.05) is 24.3 Å². The van der Waals surface area contributed by atoms with Crippen molar-refractivity contribution in [3.8, 4) is 0 Å². The molecule has 73 valence electrons. The van der Waals surface area contributed by atoms with E-state index in [0.29, 0.717) is 5.56 Å². The summed E-state index contributed by atoms with van der Waals surface area (Å²) >= 11 is 3.35. The van der Waals surface area contributed by atoms with Crippen LogP contribution in [0, 0.1) is 0 Å². The van der Waals surface area contributed by atoms with Crippen molar-refractivity contribution in [1.82, 2.24) is 0 Å². The largest absolute Gasteiger partial charge is 0.478 e. The maximum absolute atomic E-state index is 10.9. The molecule has 2 aromatic carbocycles. The number of carbonyl (C=O) groups is 1. The van der Waals surface area contributed by atoms with Crippen molar-refractivity contribution in [2.24, 2.45) is 0 Å². The van der Waals surface area contributed by atoms with E-state index in [-0.39, 0.29) is 25.8 Å². The molecule has 0 aliphatic rings. The van der Waals surface area contributed by atoms with Crippen molar-refractivity contribution in [1.29, 1.82) is 0 Å². The van der Waals surface area contributed by atoms with Crippen LogP contribution in [0.2, 0.25) is 0 Å². The standard InChI is InChI=1S/C11H7BrO2.In/c12-9-6-2-4-7-3-1-5-8(10(7)9)11(13)14;/h1-6H,(H,13,14);. The molecular formula is C11H7BrInO2. The molecule has 0 saturated carbocycles. The molecule has 0 bridgehead atoms. The molecule has 0 aromatic heterocycles. The van der Waals surface area contributed by atoms with Crippen molar-refractivity contribution < 1.29 is 9.90 Å². The summed E-state index contributed by atoms with van der Waals surface area (Å²) in [5.41, 5.74) is 0.329. The van der Waals surface area contributed by atoms with Crippen molar-refractivity contribution in [2.75, 3.05) is 0 Å². The Hall–Kier alpha value is -0.480. The number of hydrogen-bond acceptors (Lipinski definition) is 1. The Morgan fingerprint density at radius 1 is 1.13 bits per heavy atom. The first-order valence-electron chi connectivity index (χ1n) is 4.10. The number of aromatic carboxylic acids is 1.